The number of likely N-dealkylation sites (tertiary alicyclic amines) is 1. The number of amides is 3. The maximum Gasteiger partial charge on any atom is 0.321 e. The first kappa shape index (κ1) is 25.4. The van der Waals surface area contributed by atoms with Crippen molar-refractivity contribution in [1.29, 1.82) is 0 Å². The van der Waals surface area contributed by atoms with Crippen molar-refractivity contribution in [2.45, 2.75) is 57.2 Å². The van der Waals surface area contributed by atoms with Crippen LogP contribution in [0, 0.1) is 0 Å². The average molecular weight is 496 g/mol. The molecule has 2 fully saturated rings. The number of benzene rings is 2. The maximum absolute atomic E-state index is 13.4. The lowest BCUT2D eigenvalue weighted by atomic mass is 9.92. The quantitative estimate of drug-likeness (QED) is 0.540. The molecule has 2 aliphatic rings. The van der Waals surface area contributed by atoms with E-state index in [1.54, 1.807) is 7.11 Å². The minimum absolute atomic E-state index is 0.0501. The second kappa shape index (κ2) is 10.5. The summed E-state index contributed by atoms with van der Waals surface area (Å²) in [4.78, 5) is 30.4. The van der Waals surface area contributed by atoms with Crippen molar-refractivity contribution in [2.75, 3.05) is 37.8 Å². The van der Waals surface area contributed by atoms with E-state index in [-0.39, 0.29) is 16.8 Å². The number of ether oxygens (including phenoxy) is 1. The average Bonchev–Trinajstić information content (AvgIpc) is 3.26. The Morgan fingerprint density at radius 1 is 0.943 bits per heavy atom. The third-order valence-electron chi connectivity index (χ3n) is 7.20. The standard InChI is InChI=1S/C28H37N3O3S/c1-19(2)23-7-6-8-24(20(3)4)25(23)29-27(33)30-15-13-28(14-16-30)31(17-18-35-28)26(32)21-9-11-22(34-5)12-10-21/h6-12,19-20H,13-18H2,1-5H3,(H,29,33). The Labute approximate surface area is 213 Å². The normalized spacial score (nSPS) is 17.3. The number of hydrogen-bond donors (Lipinski definition) is 1. The molecule has 7 heteroatoms. The molecule has 0 unspecified atom stereocenters. The van der Waals surface area contributed by atoms with Crippen molar-refractivity contribution in [3.63, 3.8) is 0 Å². The van der Waals surface area contributed by atoms with Gasteiger partial charge < -0.3 is 19.9 Å². The van der Waals surface area contributed by atoms with E-state index in [0.717, 1.165) is 36.6 Å². The first-order valence-corrected chi connectivity index (χ1v) is 13.5. The molecule has 6 nitrogen and oxygen atoms in total. The van der Waals surface area contributed by atoms with Crippen LogP contribution in [-0.4, -0.2) is 59.1 Å². The van der Waals surface area contributed by atoms with Crippen LogP contribution in [-0.2, 0) is 0 Å². The third kappa shape index (κ3) is 5.15. The molecular weight excluding hydrogens is 458 g/mol. The summed E-state index contributed by atoms with van der Waals surface area (Å²) in [5.41, 5.74) is 3.97. The van der Waals surface area contributed by atoms with Gasteiger partial charge in [0.25, 0.3) is 5.91 Å². The Balaban J connectivity index is 1.45. The van der Waals surface area contributed by atoms with Crippen molar-refractivity contribution in [2.24, 2.45) is 0 Å². The van der Waals surface area contributed by atoms with Gasteiger partial charge in [-0.2, -0.15) is 0 Å². The third-order valence-corrected chi connectivity index (χ3v) is 8.75. The fourth-order valence-corrected chi connectivity index (χ4v) is 6.59. The van der Waals surface area contributed by atoms with Gasteiger partial charge in [0, 0.05) is 36.6 Å². The largest absolute Gasteiger partial charge is 0.497 e. The second-order valence-electron chi connectivity index (χ2n) is 10.0. The van der Waals surface area contributed by atoms with E-state index in [0.29, 0.717) is 30.5 Å². The summed E-state index contributed by atoms with van der Waals surface area (Å²) in [6.45, 7) is 10.6. The zero-order chi connectivity index (χ0) is 25.2. The molecule has 1 spiro atoms. The first-order valence-electron chi connectivity index (χ1n) is 12.5. The maximum atomic E-state index is 13.4. The van der Waals surface area contributed by atoms with Crippen molar-refractivity contribution in [3.05, 3.63) is 59.2 Å². The monoisotopic (exact) mass is 495 g/mol. The highest BCUT2D eigenvalue weighted by molar-refractivity contribution is 8.00. The number of urea groups is 1. The van der Waals surface area contributed by atoms with E-state index in [1.807, 2.05) is 45.8 Å². The van der Waals surface area contributed by atoms with Crippen LogP contribution in [0.1, 0.15) is 73.9 Å². The van der Waals surface area contributed by atoms with E-state index in [1.165, 1.54) is 11.1 Å². The van der Waals surface area contributed by atoms with Crippen LogP contribution < -0.4 is 10.1 Å². The van der Waals surface area contributed by atoms with Gasteiger partial charge in [0.1, 0.15) is 5.75 Å². The number of para-hydroxylation sites is 1. The van der Waals surface area contributed by atoms with Gasteiger partial charge in [-0.3, -0.25) is 4.79 Å². The van der Waals surface area contributed by atoms with E-state index in [2.05, 4.69) is 51.2 Å². The molecule has 0 bridgehead atoms. The number of hydrogen-bond acceptors (Lipinski definition) is 4. The number of carbonyl (C=O) groups is 2. The molecule has 2 saturated heterocycles. The molecule has 0 aliphatic carbocycles. The van der Waals surface area contributed by atoms with Gasteiger partial charge in [0.15, 0.2) is 0 Å². The number of carbonyl (C=O) groups excluding carboxylic acids is 2. The van der Waals surface area contributed by atoms with Crippen LogP contribution in [0.5, 0.6) is 5.75 Å². The summed E-state index contributed by atoms with van der Waals surface area (Å²) < 4.78 is 5.23. The van der Waals surface area contributed by atoms with Crippen molar-refractivity contribution in [1.82, 2.24) is 9.80 Å². The molecule has 0 saturated carbocycles. The SMILES string of the molecule is COc1ccc(C(=O)N2CCSC23CCN(C(=O)Nc2c(C(C)C)cccc2C(C)C)CC3)cc1. The van der Waals surface area contributed by atoms with E-state index < -0.39 is 0 Å². The minimum Gasteiger partial charge on any atom is -0.497 e. The van der Waals surface area contributed by atoms with Gasteiger partial charge >= 0.3 is 6.03 Å². The van der Waals surface area contributed by atoms with Gasteiger partial charge in [-0.05, 0) is 60.1 Å². The molecule has 0 atom stereocenters. The summed E-state index contributed by atoms with van der Waals surface area (Å²) in [6.07, 6.45) is 1.55. The zero-order valence-corrected chi connectivity index (χ0v) is 22.3. The van der Waals surface area contributed by atoms with Crippen LogP contribution in [0.25, 0.3) is 0 Å². The summed E-state index contributed by atoms with van der Waals surface area (Å²) in [6, 6.07) is 13.6. The Hall–Kier alpha value is -2.67. The lowest BCUT2D eigenvalue weighted by molar-refractivity contribution is 0.0585. The van der Waals surface area contributed by atoms with Crippen LogP contribution in [0.15, 0.2) is 42.5 Å². The van der Waals surface area contributed by atoms with Crippen LogP contribution >= 0.6 is 11.8 Å². The van der Waals surface area contributed by atoms with Gasteiger partial charge in [0.2, 0.25) is 0 Å². The second-order valence-corrected chi connectivity index (χ2v) is 11.5. The fourth-order valence-electron chi connectivity index (χ4n) is 5.14. The van der Waals surface area contributed by atoms with Crippen LogP contribution in [0.4, 0.5) is 10.5 Å². The summed E-state index contributed by atoms with van der Waals surface area (Å²) in [5, 5.41) is 3.25. The van der Waals surface area contributed by atoms with Crippen molar-refractivity contribution in [3.8, 4) is 5.75 Å². The van der Waals surface area contributed by atoms with Crippen molar-refractivity contribution >= 4 is 29.4 Å². The first-order chi connectivity index (χ1) is 16.8. The molecule has 2 aliphatic heterocycles. The predicted molar refractivity (Wildman–Crippen MR) is 144 cm³/mol. The van der Waals surface area contributed by atoms with Gasteiger partial charge in [0.05, 0.1) is 12.0 Å². The molecule has 1 N–H and O–H groups in total. The van der Waals surface area contributed by atoms with Crippen LogP contribution in [0.3, 0.4) is 0 Å². The molecule has 0 radical (unpaired) electrons. The van der Waals surface area contributed by atoms with Gasteiger partial charge in [-0.1, -0.05) is 45.9 Å². The predicted octanol–water partition coefficient (Wildman–Crippen LogP) is 6.16. The Morgan fingerprint density at radius 3 is 2.09 bits per heavy atom. The number of nitrogens with one attached hydrogen (secondary N) is 1. The minimum atomic E-state index is -0.243. The lowest BCUT2D eigenvalue weighted by Gasteiger charge is -2.44. The highest BCUT2D eigenvalue weighted by Gasteiger charge is 2.47. The fraction of sp³-hybridized carbons (Fsp3) is 0.500. The van der Waals surface area contributed by atoms with Gasteiger partial charge in [-0.25, -0.2) is 4.79 Å². The Morgan fingerprint density at radius 2 is 1.54 bits per heavy atom. The van der Waals surface area contributed by atoms with Crippen molar-refractivity contribution < 1.29 is 14.3 Å². The summed E-state index contributed by atoms with van der Waals surface area (Å²) >= 11 is 1.86. The lowest BCUT2D eigenvalue weighted by Crippen LogP contribution is -2.54. The summed E-state index contributed by atoms with van der Waals surface area (Å²) in [5.74, 6) is 2.37. The van der Waals surface area contributed by atoms with Gasteiger partial charge in [-0.15, -0.1) is 11.8 Å². The number of nitrogens with zero attached hydrogens (tertiary/aromatic N) is 2. The molecule has 35 heavy (non-hydrogen) atoms. The smallest absolute Gasteiger partial charge is 0.321 e. The van der Waals surface area contributed by atoms with Crippen LogP contribution in [0.2, 0.25) is 0 Å². The molecule has 3 amide bonds. The highest BCUT2D eigenvalue weighted by atomic mass is 32.2. The van der Waals surface area contributed by atoms with E-state index in [9.17, 15) is 9.59 Å². The molecule has 188 valence electrons. The highest BCUT2D eigenvalue weighted by Crippen LogP contribution is 2.45. The number of rotatable bonds is 5. The number of thioether (sulfide) groups is 1. The molecule has 2 aromatic carbocycles. The molecule has 2 heterocycles. The molecular formula is C28H37N3O3S. The topological polar surface area (TPSA) is 61.9 Å². The molecule has 4 rings (SSSR count). The van der Waals surface area contributed by atoms with E-state index in [4.69, 9.17) is 4.74 Å². The summed E-state index contributed by atoms with van der Waals surface area (Å²) in [7, 11) is 1.62. The Kier molecular flexibility index (Phi) is 7.64. The molecule has 0 aromatic heterocycles. The number of anilines is 1. The number of methoxy groups -OCH3 is 1. The number of piperidine rings is 1. The zero-order valence-electron chi connectivity index (χ0n) is 21.5. The molecule has 2 aromatic rings. The van der Waals surface area contributed by atoms with E-state index >= 15 is 0 Å². The Bertz CT molecular complexity index is 1030.